The molecular formula is C44H62Br3F3N8O6. The number of epoxide rings is 1. The van der Waals surface area contributed by atoms with Crippen LogP contribution in [0.5, 0.6) is 11.5 Å². The summed E-state index contributed by atoms with van der Waals surface area (Å²) in [5, 5.41) is 27.3. The molecule has 0 aliphatic carbocycles. The third-order valence-electron chi connectivity index (χ3n) is 9.47. The lowest BCUT2D eigenvalue weighted by molar-refractivity contribution is 0.111. The zero-order valence-electron chi connectivity index (χ0n) is 36.9. The molecule has 7 heterocycles. The third-order valence-corrected chi connectivity index (χ3v) is 11.6. The van der Waals surface area contributed by atoms with Crippen LogP contribution in [0.2, 0.25) is 0 Å². The second-order valence-corrected chi connectivity index (χ2v) is 16.7. The number of hydrogen-bond acceptors (Lipinski definition) is 14. The third kappa shape index (κ3) is 21.4. The van der Waals surface area contributed by atoms with Gasteiger partial charge in [0.1, 0.15) is 28.3 Å². The number of aromatic nitrogens is 4. The van der Waals surface area contributed by atoms with Crippen molar-refractivity contribution in [2.24, 2.45) is 5.73 Å². The van der Waals surface area contributed by atoms with Gasteiger partial charge in [0, 0.05) is 90.7 Å². The van der Waals surface area contributed by atoms with Crippen molar-refractivity contribution in [2.75, 3.05) is 32.8 Å². The van der Waals surface area contributed by atoms with E-state index in [4.69, 9.17) is 25.1 Å². The number of aliphatic hydroxyl groups is 2. The minimum atomic E-state index is -0.746. The molecule has 1 fully saturated rings. The molecule has 7 rings (SSSR count). The summed E-state index contributed by atoms with van der Waals surface area (Å²) in [7, 11) is 0. The monoisotopic (exact) mass is 1090 g/mol. The van der Waals surface area contributed by atoms with Gasteiger partial charge >= 0.3 is 0 Å². The van der Waals surface area contributed by atoms with Crippen molar-refractivity contribution >= 4 is 54.1 Å². The highest BCUT2D eigenvalue weighted by Gasteiger charge is 2.20. The molecule has 4 aromatic heterocycles. The summed E-state index contributed by atoms with van der Waals surface area (Å²) >= 11 is 9.67. The van der Waals surface area contributed by atoms with Gasteiger partial charge in [-0.15, -0.1) is 0 Å². The number of nitrogens with zero attached hydrogens (tertiary/aromatic N) is 4. The summed E-state index contributed by atoms with van der Waals surface area (Å²) in [4.78, 5) is 24.8. The number of carbonyl (C=O) groups excluding carboxylic acids is 1. The van der Waals surface area contributed by atoms with E-state index in [2.05, 4.69) is 104 Å². The van der Waals surface area contributed by atoms with Crippen LogP contribution >= 0.6 is 47.8 Å². The van der Waals surface area contributed by atoms with Crippen LogP contribution in [0.3, 0.4) is 0 Å². The van der Waals surface area contributed by atoms with Crippen LogP contribution in [0, 0.1) is 17.8 Å². The number of aldehydes is 1. The predicted octanol–water partition coefficient (Wildman–Crippen LogP) is 7.74. The highest BCUT2D eigenvalue weighted by atomic mass is 79.9. The average molecular weight is 1100 g/mol. The normalized spacial score (nSPS) is 17.6. The summed E-state index contributed by atoms with van der Waals surface area (Å²) in [6.45, 7) is 15.3. The Bertz CT molecular complexity index is 1840. The molecule has 4 aromatic rings. The van der Waals surface area contributed by atoms with Crippen LogP contribution in [0.1, 0.15) is 93.8 Å². The quantitative estimate of drug-likeness (QED) is 0.0484. The number of carbonyl (C=O) groups is 1. The fraction of sp³-hybridized carbons (Fsp3) is 0.523. The number of nitrogens with two attached hydrogens (primary N) is 1. The van der Waals surface area contributed by atoms with Gasteiger partial charge in [-0.3, -0.25) is 4.79 Å². The number of aliphatic hydroxyl groups excluding tert-OH is 2. The topological polar surface area (TPSA) is 202 Å². The molecule has 0 radical (unpaired) electrons. The largest absolute Gasteiger partial charge is 0.489 e. The van der Waals surface area contributed by atoms with E-state index in [1.165, 1.54) is 31.1 Å². The lowest BCUT2D eigenvalue weighted by atomic mass is 10.2. The molecule has 5 atom stereocenters. The maximum absolute atomic E-state index is 13.3. The van der Waals surface area contributed by atoms with E-state index in [0.717, 1.165) is 61.4 Å². The van der Waals surface area contributed by atoms with E-state index < -0.39 is 17.8 Å². The fourth-order valence-corrected chi connectivity index (χ4v) is 6.42. The summed E-state index contributed by atoms with van der Waals surface area (Å²) in [5.41, 5.74) is 7.13. The Morgan fingerprint density at radius 1 is 0.750 bits per heavy atom. The molecule has 356 valence electrons. The molecular weight excluding hydrogens is 1030 g/mol. The number of pyridine rings is 4. The molecule has 64 heavy (non-hydrogen) atoms. The van der Waals surface area contributed by atoms with Crippen molar-refractivity contribution < 1.29 is 42.4 Å². The SMILES string of the molecule is CC[C@@H](O)CN.CC[C@@H](O)CNCc1c(Br)ccnc1F.CC[C@@H]1CNCc2c(ccnc2Br)O1.CC[C@@H]1CNCc2c(ccnc2F)O1.CC[C@@H]1CO1.O=Cc1c(Br)ccnc1F. The van der Waals surface area contributed by atoms with Gasteiger partial charge in [0.25, 0.3) is 0 Å². The number of halogens is 6. The minimum Gasteiger partial charge on any atom is -0.489 e. The first-order valence-electron chi connectivity index (χ1n) is 21.2. The Balaban J connectivity index is 0.000000273. The van der Waals surface area contributed by atoms with Gasteiger partial charge in [0.2, 0.25) is 17.8 Å². The van der Waals surface area contributed by atoms with Crippen LogP contribution in [0.15, 0.2) is 62.6 Å². The maximum Gasteiger partial charge on any atom is 0.224 e. The molecule has 1 saturated heterocycles. The van der Waals surface area contributed by atoms with E-state index in [1.807, 2.05) is 19.9 Å². The molecule has 7 N–H and O–H groups in total. The predicted molar refractivity (Wildman–Crippen MR) is 252 cm³/mol. The van der Waals surface area contributed by atoms with Crippen molar-refractivity contribution in [3.8, 4) is 11.5 Å². The highest BCUT2D eigenvalue weighted by molar-refractivity contribution is 9.11. The van der Waals surface area contributed by atoms with E-state index in [-0.39, 0.29) is 30.0 Å². The van der Waals surface area contributed by atoms with Crippen LogP contribution < -0.4 is 31.2 Å². The van der Waals surface area contributed by atoms with Crippen molar-refractivity contribution in [3.63, 3.8) is 0 Å². The lowest BCUT2D eigenvalue weighted by Crippen LogP contribution is -2.27. The zero-order chi connectivity index (χ0) is 47.4. The summed E-state index contributed by atoms with van der Waals surface area (Å²) in [6, 6.07) is 6.84. The highest BCUT2D eigenvalue weighted by Crippen LogP contribution is 2.28. The van der Waals surface area contributed by atoms with E-state index >= 15 is 0 Å². The Hall–Kier alpha value is -3.18. The zero-order valence-corrected chi connectivity index (χ0v) is 41.7. The molecule has 0 bridgehead atoms. The van der Waals surface area contributed by atoms with Gasteiger partial charge in [-0.05, 0) is 88.2 Å². The Kier molecular flexibility index (Phi) is 28.9. The number of rotatable bonds is 11. The van der Waals surface area contributed by atoms with Gasteiger partial charge in [-0.1, -0.05) is 50.5 Å². The Labute approximate surface area is 399 Å². The van der Waals surface area contributed by atoms with Crippen molar-refractivity contribution in [3.05, 3.63) is 103 Å². The summed E-state index contributed by atoms with van der Waals surface area (Å²) in [6.07, 6.45) is 11.2. The fourth-order valence-electron chi connectivity index (χ4n) is 5.17. The first kappa shape index (κ1) is 56.9. The first-order chi connectivity index (χ1) is 30.8. The van der Waals surface area contributed by atoms with Crippen molar-refractivity contribution in [2.45, 2.75) is 117 Å². The molecule has 20 heteroatoms. The number of hydrogen-bond donors (Lipinski definition) is 6. The number of fused-ring (bicyclic) bond motifs is 2. The van der Waals surface area contributed by atoms with E-state index in [1.54, 1.807) is 18.3 Å². The molecule has 3 aliphatic heterocycles. The van der Waals surface area contributed by atoms with Gasteiger partial charge < -0.3 is 46.1 Å². The molecule has 0 aromatic carbocycles. The van der Waals surface area contributed by atoms with Gasteiger partial charge in [-0.2, -0.15) is 13.2 Å². The van der Waals surface area contributed by atoms with Crippen LogP contribution in [-0.4, -0.2) is 99.7 Å². The van der Waals surface area contributed by atoms with Crippen LogP contribution in [0.4, 0.5) is 13.2 Å². The summed E-state index contributed by atoms with van der Waals surface area (Å²) in [5.74, 6) is -0.0999. The molecule has 0 spiro atoms. The number of nitrogens with one attached hydrogen (secondary N) is 3. The average Bonchev–Trinajstić information content (AvgIpc) is 4.18. The second-order valence-electron chi connectivity index (χ2n) is 14.2. The van der Waals surface area contributed by atoms with Gasteiger partial charge in [0.15, 0.2) is 6.29 Å². The van der Waals surface area contributed by atoms with Crippen molar-refractivity contribution in [1.29, 1.82) is 0 Å². The molecule has 14 nitrogen and oxygen atoms in total. The van der Waals surface area contributed by atoms with Gasteiger partial charge in [0.05, 0.1) is 36.0 Å². The smallest absolute Gasteiger partial charge is 0.224 e. The first-order valence-corrected chi connectivity index (χ1v) is 23.6. The summed E-state index contributed by atoms with van der Waals surface area (Å²) < 4.78 is 57.3. The van der Waals surface area contributed by atoms with Crippen molar-refractivity contribution in [1.82, 2.24) is 35.9 Å². The second kappa shape index (κ2) is 32.5. The van der Waals surface area contributed by atoms with Crippen LogP contribution in [-0.2, 0) is 24.4 Å². The van der Waals surface area contributed by atoms with Crippen LogP contribution in [0.25, 0.3) is 0 Å². The number of ether oxygens (including phenoxy) is 3. The Morgan fingerprint density at radius 3 is 1.70 bits per heavy atom. The standard InChI is InChI=1S/C10H14BrFN2O.C10H13BrN2O.C10H13FN2O.C6H3BrFNO.C4H11NO.C4H8O/c1-2-7(15)5-13-6-8-9(11)3-4-14-10(8)12;2*1-2-7-5-12-6-8-9(14-7)3-4-13-10(8)11;7-5-1-2-9-6(8)4(5)3-10;1-2-4(6)3-5;1-2-4-3-5-4/h3-4,7,13,15H,2,5-6H2,1H3;2*3-4,7,12H,2,5-6H2,1H3;1-3H;4,6H,2-3,5H2,1H3;4H,2-3H2,1H3/t3*7-;;2*4-/m111.11/s1. The Morgan fingerprint density at radius 2 is 1.25 bits per heavy atom. The molecule has 3 aliphatic rings. The van der Waals surface area contributed by atoms with E-state index in [0.29, 0.717) is 70.8 Å². The van der Waals surface area contributed by atoms with E-state index in [9.17, 15) is 23.1 Å². The lowest BCUT2D eigenvalue weighted by Gasteiger charge is -2.14. The minimum absolute atomic E-state index is 0.0394. The molecule has 0 amide bonds. The molecule has 0 saturated carbocycles. The van der Waals surface area contributed by atoms with Gasteiger partial charge in [-0.25, -0.2) is 19.9 Å². The maximum atomic E-state index is 13.3. The molecule has 0 unspecified atom stereocenters.